The summed E-state index contributed by atoms with van der Waals surface area (Å²) in [5.74, 6) is -3.95. The third-order valence-corrected chi connectivity index (χ3v) is 1.85. The number of nitrogens with zero attached hydrogens (tertiary/aromatic N) is 1. The van der Waals surface area contributed by atoms with Gasteiger partial charge >= 0.3 is 0 Å². The first-order valence-corrected chi connectivity index (χ1v) is 3.53. The van der Waals surface area contributed by atoms with Crippen LogP contribution in [0.25, 0.3) is 0 Å². The van der Waals surface area contributed by atoms with Crippen LogP contribution >= 0.6 is 0 Å². The van der Waals surface area contributed by atoms with E-state index in [9.17, 15) is 9.59 Å². The van der Waals surface area contributed by atoms with Crippen molar-refractivity contribution in [2.24, 2.45) is 4.99 Å². The fourth-order valence-corrected chi connectivity index (χ4v) is 1.24. The van der Waals surface area contributed by atoms with E-state index in [2.05, 4.69) is 4.99 Å². The van der Waals surface area contributed by atoms with Gasteiger partial charge < -0.3 is 10.2 Å². The average Bonchev–Trinajstić information content (AvgIpc) is 2.26. The maximum Gasteiger partial charge on any atom is 0.270 e. The van der Waals surface area contributed by atoms with E-state index in [1.54, 1.807) is 0 Å². The van der Waals surface area contributed by atoms with Crippen LogP contribution in [0.15, 0.2) is 28.3 Å². The van der Waals surface area contributed by atoms with Crippen molar-refractivity contribution in [2.45, 2.75) is 5.79 Å². The third-order valence-electron chi connectivity index (χ3n) is 1.85. The molecule has 0 aromatic heterocycles. The number of aliphatic hydroxyl groups is 2. The van der Waals surface area contributed by atoms with Gasteiger partial charge in [-0.15, -0.1) is 0 Å². The normalized spacial score (nSPS) is 24.2. The van der Waals surface area contributed by atoms with Gasteiger partial charge in [-0.3, -0.25) is 9.59 Å². The fraction of sp³-hybridized carbons (Fsp3) is 0.125. The number of carbonyl (C=O) groups is 2. The summed E-state index contributed by atoms with van der Waals surface area (Å²) < 4.78 is 0. The lowest BCUT2D eigenvalue weighted by Gasteiger charge is -2.08. The molecule has 0 unspecified atom stereocenters. The molecule has 0 bridgehead atoms. The molecule has 0 saturated heterocycles. The maximum absolute atomic E-state index is 11.2. The molecule has 0 fully saturated rings. The van der Waals surface area contributed by atoms with E-state index in [0.29, 0.717) is 0 Å². The Kier molecular flexibility index (Phi) is 1.37. The van der Waals surface area contributed by atoms with Crippen molar-refractivity contribution in [3.8, 4) is 0 Å². The molecule has 1 amide bonds. The van der Waals surface area contributed by atoms with Gasteiger partial charge in [0.25, 0.3) is 5.91 Å². The molecule has 2 rings (SSSR count). The van der Waals surface area contributed by atoms with Crippen LogP contribution in [0.5, 0.6) is 0 Å². The predicted molar refractivity (Wildman–Crippen MR) is 41.8 cm³/mol. The zero-order valence-corrected chi connectivity index (χ0v) is 6.39. The van der Waals surface area contributed by atoms with Gasteiger partial charge in [-0.2, -0.15) is 0 Å². The van der Waals surface area contributed by atoms with Crippen LogP contribution in [-0.2, 0) is 9.59 Å². The zero-order chi connectivity index (χ0) is 9.64. The second kappa shape index (κ2) is 2.21. The van der Waals surface area contributed by atoms with Crippen LogP contribution in [0, 0.1) is 0 Å². The highest BCUT2D eigenvalue weighted by atomic mass is 16.5. The number of dihydropyridines is 1. The number of hydrogen-bond donors (Lipinski definition) is 2. The first-order chi connectivity index (χ1) is 6.00. The van der Waals surface area contributed by atoms with E-state index in [1.807, 2.05) is 0 Å². The van der Waals surface area contributed by atoms with Gasteiger partial charge in [0.1, 0.15) is 0 Å². The van der Waals surface area contributed by atoms with E-state index < -0.39 is 17.5 Å². The van der Waals surface area contributed by atoms with Crippen molar-refractivity contribution in [3.63, 3.8) is 0 Å². The second-order valence-electron chi connectivity index (χ2n) is 2.81. The molecule has 0 aromatic rings. The number of ketones is 1. The second-order valence-corrected chi connectivity index (χ2v) is 2.81. The Bertz CT molecular complexity index is 400. The van der Waals surface area contributed by atoms with E-state index in [1.165, 1.54) is 0 Å². The summed E-state index contributed by atoms with van der Waals surface area (Å²) in [7, 11) is 0. The summed E-state index contributed by atoms with van der Waals surface area (Å²) in [6.07, 6.45) is 3.09. The van der Waals surface area contributed by atoms with Gasteiger partial charge in [0.15, 0.2) is 0 Å². The first kappa shape index (κ1) is 8.03. The van der Waals surface area contributed by atoms with E-state index in [-0.39, 0.29) is 11.1 Å². The smallest absolute Gasteiger partial charge is 0.270 e. The number of rotatable bonds is 0. The number of Topliss-reactive ketones (excluding diaryl/α,β-unsaturated/α-hetero) is 1. The molecule has 1 aliphatic heterocycles. The Balaban J connectivity index is 2.55. The maximum atomic E-state index is 11.2. The minimum absolute atomic E-state index is 0.00463. The molecule has 1 heterocycles. The van der Waals surface area contributed by atoms with Crippen LogP contribution in [0.3, 0.4) is 0 Å². The molecule has 0 spiro atoms. The monoisotopic (exact) mass is 179 g/mol. The minimum atomic E-state index is -2.49. The van der Waals surface area contributed by atoms with Crippen molar-refractivity contribution in [1.29, 1.82) is 0 Å². The summed E-state index contributed by atoms with van der Waals surface area (Å²) in [4.78, 5) is 25.3. The molecule has 5 heteroatoms. The summed E-state index contributed by atoms with van der Waals surface area (Å²) >= 11 is 0. The Hall–Kier alpha value is -1.59. The van der Waals surface area contributed by atoms with E-state index in [0.717, 1.165) is 18.4 Å². The van der Waals surface area contributed by atoms with Crippen molar-refractivity contribution in [3.05, 3.63) is 23.3 Å². The Morgan fingerprint density at radius 2 is 2.00 bits per heavy atom. The molecular formula is C8H5NO4. The molecule has 2 N–H and O–H groups in total. The highest BCUT2D eigenvalue weighted by Gasteiger charge is 2.42. The minimum Gasteiger partial charge on any atom is -0.356 e. The van der Waals surface area contributed by atoms with Crippen LogP contribution in [0.4, 0.5) is 0 Å². The topological polar surface area (TPSA) is 87.0 Å². The molecule has 66 valence electrons. The van der Waals surface area contributed by atoms with E-state index >= 15 is 0 Å². The zero-order valence-electron chi connectivity index (χ0n) is 6.39. The highest BCUT2D eigenvalue weighted by Crippen LogP contribution is 2.28. The van der Waals surface area contributed by atoms with Crippen LogP contribution < -0.4 is 0 Å². The van der Waals surface area contributed by atoms with Crippen molar-refractivity contribution in [1.82, 2.24) is 0 Å². The lowest BCUT2D eigenvalue weighted by molar-refractivity contribution is -0.158. The van der Waals surface area contributed by atoms with Crippen LogP contribution in [0.2, 0.25) is 0 Å². The van der Waals surface area contributed by atoms with E-state index in [4.69, 9.17) is 10.2 Å². The van der Waals surface area contributed by atoms with Gasteiger partial charge in [-0.25, -0.2) is 4.99 Å². The quantitative estimate of drug-likeness (QED) is 0.453. The third kappa shape index (κ3) is 1.06. The fourth-order valence-electron chi connectivity index (χ4n) is 1.24. The van der Waals surface area contributed by atoms with Crippen LogP contribution in [0.1, 0.15) is 0 Å². The van der Waals surface area contributed by atoms with Gasteiger partial charge in [-0.1, -0.05) is 0 Å². The molecule has 5 nitrogen and oxygen atoms in total. The SMILES string of the molecule is O=C1C=C2C(=O)C(O)(O)C=C2C=N1. The molecule has 2 aliphatic rings. The van der Waals surface area contributed by atoms with Crippen molar-refractivity contribution in [2.75, 3.05) is 0 Å². The van der Waals surface area contributed by atoms with Crippen LogP contribution in [-0.4, -0.2) is 33.9 Å². The lowest BCUT2D eigenvalue weighted by Crippen LogP contribution is -2.33. The Morgan fingerprint density at radius 1 is 1.31 bits per heavy atom. The predicted octanol–water partition coefficient (Wildman–Crippen LogP) is -1.29. The molecule has 0 radical (unpaired) electrons. The molecule has 1 aliphatic carbocycles. The number of fused-ring (bicyclic) bond motifs is 1. The molecule has 0 atom stereocenters. The number of carbonyl (C=O) groups excluding carboxylic acids is 2. The number of hydrogen-bond acceptors (Lipinski definition) is 4. The van der Waals surface area contributed by atoms with Gasteiger partial charge in [0, 0.05) is 23.4 Å². The Morgan fingerprint density at radius 3 is 2.69 bits per heavy atom. The molecular weight excluding hydrogens is 174 g/mol. The number of allylic oxidation sites excluding steroid dienone is 1. The average molecular weight is 179 g/mol. The summed E-state index contributed by atoms with van der Waals surface area (Å²) in [5.41, 5.74) is 0.277. The number of amides is 1. The van der Waals surface area contributed by atoms with Gasteiger partial charge in [0.05, 0.1) is 0 Å². The molecule has 0 aromatic carbocycles. The van der Waals surface area contributed by atoms with Crippen molar-refractivity contribution >= 4 is 17.9 Å². The lowest BCUT2D eigenvalue weighted by atomic mass is 10.1. The summed E-state index contributed by atoms with van der Waals surface area (Å²) in [6, 6.07) is 0. The Labute approximate surface area is 72.7 Å². The van der Waals surface area contributed by atoms with Crippen molar-refractivity contribution < 1.29 is 19.8 Å². The molecule has 0 saturated carbocycles. The van der Waals surface area contributed by atoms with Gasteiger partial charge in [0.2, 0.25) is 11.6 Å². The number of aliphatic imine (C=N–C) groups is 1. The van der Waals surface area contributed by atoms with Gasteiger partial charge in [-0.05, 0) is 6.08 Å². The standard InChI is InChI=1S/C8H5NO4/c10-6-1-5-4(3-9-6)2-8(12,13)7(5)11/h1-3,12-13H. The summed E-state index contributed by atoms with van der Waals surface area (Å²) in [6.45, 7) is 0. The largest absolute Gasteiger partial charge is 0.356 e. The molecule has 13 heavy (non-hydrogen) atoms. The highest BCUT2D eigenvalue weighted by molar-refractivity contribution is 6.21. The summed E-state index contributed by atoms with van der Waals surface area (Å²) in [5, 5.41) is 18.2. The first-order valence-electron chi connectivity index (χ1n) is 3.53.